The van der Waals surface area contributed by atoms with E-state index in [9.17, 15) is 9.59 Å². The first-order valence-corrected chi connectivity index (χ1v) is 9.44. The van der Waals surface area contributed by atoms with Crippen LogP contribution >= 0.6 is 0 Å². The van der Waals surface area contributed by atoms with Gasteiger partial charge in [0.05, 0.1) is 11.6 Å². The van der Waals surface area contributed by atoms with Crippen LogP contribution in [-0.4, -0.2) is 39.6 Å². The summed E-state index contributed by atoms with van der Waals surface area (Å²) < 4.78 is 1.67. The second-order valence-corrected chi connectivity index (χ2v) is 7.33. The van der Waals surface area contributed by atoms with Crippen LogP contribution in [-0.2, 0) is 4.79 Å². The lowest BCUT2D eigenvalue weighted by Gasteiger charge is -2.22. The molecular formula is C20H20N6O2. The van der Waals surface area contributed by atoms with E-state index in [1.807, 2.05) is 18.2 Å². The molecule has 1 aliphatic carbocycles. The first-order chi connectivity index (χ1) is 13.7. The summed E-state index contributed by atoms with van der Waals surface area (Å²) in [6, 6.07) is 9.63. The van der Waals surface area contributed by atoms with Gasteiger partial charge in [-0.1, -0.05) is 12.1 Å². The topological polar surface area (TPSA) is 100 Å². The van der Waals surface area contributed by atoms with Crippen molar-refractivity contribution < 1.29 is 9.59 Å². The van der Waals surface area contributed by atoms with Crippen molar-refractivity contribution in [2.45, 2.75) is 18.8 Å². The molecule has 1 saturated carbocycles. The van der Waals surface area contributed by atoms with Crippen LogP contribution in [0.4, 0.5) is 10.5 Å². The number of hydrogen-bond acceptors (Lipinski definition) is 5. The summed E-state index contributed by atoms with van der Waals surface area (Å²) in [4.78, 5) is 28.0. The number of benzene rings is 1. The van der Waals surface area contributed by atoms with Crippen molar-refractivity contribution >= 4 is 23.3 Å². The van der Waals surface area contributed by atoms with E-state index in [-0.39, 0.29) is 12.5 Å². The largest absolute Gasteiger partial charge is 0.385 e. The van der Waals surface area contributed by atoms with Gasteiger partial charge >= 0.3 is 6.03 Å². The number of rotatable bonds is 5. The Morgan fingerprint density at radius 2 is 2.00 bits per heavy atom. The Morgan fingerprint density at radius 1 is 1.18 bits per heavy atom. The number of fused-ring (bicyclic) bond motifs is 1. The minimum atomic E-state index is -0.539. The van der Waals surface area contributed by atoms with E-state index in [2.05, 4.69) is 38.2 Å². The lowest BCUT2D eigenvalue weighted by molar-refractivity contribution is -0.122. The Hall–Kier alpha value is -3.42. The Balaban J connectivity index is 1.48. The number of imide groups is 1. The molecule has 1 aromatic carbocycles. The van der Waals surface area contributed by atoms with E-state index in [4.69, 9.17) is 0 Å². The molecule has 0 radical (unpaired) electrons. The van der Waals surface area contributed by atoms with Crippen molar-refractivity contribution in [1.29, 1.82) is 0 Å². The Morgan fingerprint density at radius 3 is 2.75 bits per heavy atom. The number of amides is 3. The SMILES string of the molecule is O=C1NCC(c2cc(-c3ccc(NCC4CC4)cc3)c3nccn3n2)C(=O)N1. The molecule has 2 aromatic heterocycles. The maximum absolute atomic E-state index is 12.3. The number of carbonyl (C=O) groups excluding carboxylic acids is 2. The average molecular weight is 376 g/mol. The molecule has 3 aromatic rings. The summed E-state index contributed by atoms with van der Waals surface area (Å²) in [5, 5.41) is 12.9. The fraction of sp³-hybridized carbons (Fsp3) is 0.300. The van der Waals surface area contributed by atoms with Crippen molar-refractivity contribution in [3.63, 3.8) is 0 Å². The maximum atomic E-state index is 12.3. The highest BCUT2D eigenvalue weighted by atomic mass is 16.2. The van der Waals surface area contributed by atoms with Crippen molar-refractivity contribution in [2.24, 2.45) is 5.92 Å². The standard InChI is InChI=1S/C20H20N6O2/c27-19-16(11-23-20(28)24-19)17-9-15(18-21-7-8-26(18)25-17)13-3-5-14(6-4-13)22-10-12-1-2-12/h3-9,12,16,22H,1-2,10-11H2,(H2,23,24,27,28). The van der Waals surface area contributed by atoms with Crippen molar-refractivity contribution in [2.75, 3.05) is 18.4 Å². The van der Waals surface area contributed by atoms with Crippen LogP contribution in [0, 0.1) is 5.92 Å². The summed E-state index contributed by atoms with van der Waals surface area (Å²) in [6.07, 6.45) is 6.08. The van der Waals surface area contributed by atoms with E-state index in [0.29, 0.717) is 5.69 Å². The fourth-order valence-corrected chi connectivity index (χ4v) is 3.44. The van der Waals surface area contributed by atoms with Gasteiger partial charge in [0.25, 0.3) is 0 Å². The van der Waals surface area contributed by atoms with Crippen LogP contribution in [0.15, 0.2) is 42.7 Å². The lowest BCUT2D eigenvalue weighted by Crippen LogP contribution is -2.51. The predicted octanol–water partition coefficient (Wildman–Crippen LogP) is 2.14. The molecule has 1 atom stereocenters. The molecule has 1 aliphatic heterocycles. The summed E-state index contributed by atoms with van der Waals surface area (Å²) in [5.41, 5.74) is 4.31. The molecule has 2 aliphatic rings. The van der Waals surface area contributed by atoms with E-state index < -0.39 is 11.9 Å². The maximum Gasteiger partial charge on any atom is 0.321 e. The van der Waals surface area contributed by atoms with Crippen LogP contribution in [0.3, 0.4) is 0 Å². The number of nitrogens with one attached hydrogen (secondary N) is 3. The number of urea groups is 1. The van der Waals surface area contributed by atoms with Crippen molar-refractivity contribution in [3.8, 4) is 11.1 Å². The molecule has 3 amide bonds. The van der Waals surface area contributed by atoms with Gasteiger partial charge in [0, 0.05) is 36.7 Å². The number of carbonyl (C=O) groups is 2. The number of imidazole rings is 1. The molecule has 1 unspecified atom stereocenters. The van der Waals surface area contributed by atoms with Crippen LogP contribution < -0.4 is 16.0 Å². The fourth-order valence-electron chi connectivity index (χ4n) is 3.44. The first-order valence-electron chi connectivity index (χ1n) is 9.44. The number of anilines is 1. The molecule has 0 spiro atoms. The van der Waals surface area contributed by atoms with Crippen LogP contribution in [0.25, 0.3) is 16.8 Å². The number of hydrogen-bond donors (Lipinski definition) is 3. The summed E-state index contributed by atoms with van der Waals surface area (Å²) in [5.74, 6) is -0.0712. The van der Waals surface area contributed by atoms with Gasteiger partial charge in [0.1, 0.15) is 0 Å². The molecule has 1 saturated heterocycles. The van der Waals surface area contributed by atoms with E-state index in [1.54, 1.807) is 16.9 Å². The lowest BCUT2D eigenvalue weighted by atomic mass is 9.99. The van der Waals surface area contributed by atoms with Gasteiger partial charge in [-0.15, -0.1) is 0 Å². The zero-order chi connectivity index (χ0) is 19.1. The minimum Gasteiger partial charge on any atom is -0.385 e. The van der Waals surface area contributed by atoms with E-state index in [0.717, 1.165) is 34.9 Å². The molecule has 8 nitrogen and oxygen atoms in total. The Bertz CT molecular complexity index is 1050. The number of aromatic nitrogens is 3. The van der Waals surface area contributed by atoms with Gasteiger partial charge in [-0.25, -0.2) is 14.3 Å². The molecule has 3 N–H and O–H groups in total. The summed E-state index contributed by atoms with van der Waals surface area (Å²) in [7, 11) is 0. The second kappa shape index (κ2) is 6.63. The highest BCUT2D eigenvalue weighted by Crippen LogP contribution is 2.30. The summed E-state index contributed by atoms with van der Waals surface area (Å²) >= 11 is 0. The van der Waals surface area contributed by atoms with Gasteiger partial charge in [-0.2, -0.15) is 5.10 Å². The monoisotopic (exact) mass is 376 g/mol. The van der Waals surface area contributed by atoms with Gasteiger partial charge in [0.2, 0.25) is 5.91 Å². The van der Waals surface area contributed by atoms with Crippen LogP contribution in [0.5, 0.6) is 0 Å². The number of nitrogens with zero attached hydrogens (tertiary/aromatic N) is 3. The smallest absolute Gasteiger partial charge is 0.321 e. The Labute approximate surface area is 161 Å². The minimum absolute atomic E-state index is 0.224. The third kappa shape index (κ3) is 3.17. The van der Waals surface area contributed by atoms with Gasteiger partial charge in [-0.05, 0) is 42.5 Å². The zero-order valence-electron chi connectivity index (χ0n) is 15.2. The Kier molecular flexibility index (Phi) is 3.96. The molecule has 3 heterocycles. The van der Waals surface area contributed by atoms with Crippen molar-refractivity contribution in [3.05, 3.63) is 48.4 Å². The highest BCUT2D eigenvalue weighted by Gasteiger charge is 2.30. The zero-order valence-corrected chi connectivity index (χ0v) is 15.2. The van der Waals surface area contributed by atoms with E-state index >= 15 is 0 Å². The third-order valence-corrected chi connectivity index (χ3v) is 5.24. The van der Waals surface area contributed by atoms with Gasteiger partial charge in [-0.3, -0.25) is 10.1 Å². The molecule has 8 heteroatoms. The normalized spacial score (nSPS) is 19.4. The third-order valence-electron chi connectivity index (χ3n) is 5.24. The molecule has 142 valence electrons. The van der Waals surface area contributed by atoms with Crippen molar-refractivity contribution in [1.82, 2.24) is 25.2 Å². The van der Waals surface area contributed by atoms with Crippen LogP contribution in [0.2, 0.25) is 0 Å². The van der Waals surface area contributed by atoms with Gasteiger partial charge in [0.15, 0.2) is 5.65 Å². The predicted molar refractivity (Wildman–Crippen MR) is 104 cm³/mol. The molecular weight excluding hydrogens is 356 g/mol. The highest BCUT2D eigenvalue weighted by molar-refractivity contribution is 6.00. The molecule has 5 rings (SSSR count). The van der Waals surface area contributed by atoms with Crippen LogP contribution in [0.1, 0.15) is 24.5 Å². The first kappa shape index (κ1) is 16.7. The average Bonchev–Trinajstić information content (AvgIpc) is 3.41. The summed E-state index contributed by atoms with van der Waals surface area (Å²) in [6.45, 7) is 1.24. The molecule has 2 fully saturated rings. The van der Waals surface area contributed by atoms with Gasteiger partial charge < -0.3 is 10.6 Å². The molecule has 0 bridgehead atoms. The second-order valence-electron chi connectivity index (χ2n) is 7.33. The quantitative estimate of drug-likeness (QED) is 0.633. The molecule has 28 heavy (non-hydrogen) atoms. The van der Waals surface area contributed by atoms with E-state index in [1.165, 1.54) is 12.8 Å².